The number of nitrogens with zero attached hydrogens (tertiary/aromatic N) is 1. The van der Waals surface area contributed by atoms with E-state index in [1.165, 1.54) is 39.5 Å². The summed E-state index contributed by atoms with van der Waals surface area (Å²) in [6.45, 7) is 5.23. The van der Waals surface area contributed by atoms with E-state index >= 15 is 0 Å². The Morgan fingerprint density at radius 2 is 1.85 bits per heavy atom. The van der Waals surface area contributed by atoms with Crippen molar-refractivity contribution >= 4 is 5.97 Å². The Hall–Kier alpha value is -1.55. The van der Waals surface area contributed by atoms with Crippen molar-refractivity contribution in [3.63, 3.8) is 0 Å². The van der Waals surface area contributed by atoms with Gasteiger partial charge in [-0.2, -0.15) is 0 Å². The van der Waals surface area contributed by atoms with Gasteiger partial charge in [-0.3, -0.25) is 4.90 Å². The van der Waals surface area contributed by atoms with Gasteiger partial charge in [-0.25, -0.2) is 4.79 Å². The molecule has 1 aromatic carbocycles. The van der Waals surface area contributed by atoms with E-state index in [-0.39, 0.29) is 5.97 Å². The molecule has 1 aliphatic rings. The molecule has 1 unspecified atom stereocenters. The van der Waals surface area contributed by atoms with Gasteiger partial charge in [-0.15, -0.1) is 0 Å². The van der Waals surface area contributed by atoms with Crippen LogP contribution >= 0.6 is 0 Å². The van der Waals surface area contributed by atoms with Gasteiger partial charge >= 0.3 is 5.97 Å². The maximum absolute atomic E-state index is 11.3. The highest BCUT2D eigenvalue weighted by atomic mass is 16.5. The largest absolute Gasteiger partial charge is 0.492 e. The second-order valence-electron chi connectivity index (χ2n) is 5.27. The maximum atomic E-state index is 11.3. The normalized spacial score (nSPS) is 17.5. The summed E-state index contributed by atoms with van der Waals surface area (Å²) in [5.74, 6) is 0.472. The minimum atomic E-state index is -0.321. The number of piperidine rings is 1. The summed E-state index contributed by atoms with van der Waals surface area (Å²) in [5.41, 5.74) is 0.545. The number of methoxy groups -OCH3 is 1. The average molecular weight is 277 g/mol. The molecule has 1 heterocycles. The van der Waals surface area contributed by atoms with Crippen LogP contribution in [0.5, 0.6) is 5.75 Å². The zero-order valence-corrected chi connectivity index (χ0v) is 12.3. The molecule has 0 aliphatic carbocycles. The molecule has 1 saturated heterocycles. The molecule has 2 rings (SSSR count). The Balaban J connectivity index is 1.82. The predicted molar refractivity (Wildman–Crippen MR) is 78.2 cm³/mol. The van der Waals surface area contributed by atoms with E-state index in [9.17, 15) is 4.79 Å². The first-order chi connectivity index (χ1) is 9.70. The Kier molecular flexibility index (Phi) is 5.41. The lowest BCUT2D eigenvalue weighted by Gasteiger charge is -2.32. The quantitative estimate of drug-likeness (QED) is 0.776. The fourth-order valence-electron chi connectivity index (χ4n) is 2.49. The van der Waals surface area contributed by atoms with E-state index in [0.29, 0.717) is 18.2 Å². The Morgan fingerprint density at radius 1 is 1.20 bits per heavy atom. The van der Waals surface area contributed by atoms with Crippen LogP contribution in [0.15, 0.2) is 24.3 Å². The summed E-state index contributed by atoms with van der Waals surface area (Å²) in [4.78, 5) is 13.8. The average Bonchev–Trinajstić information content (AvgIpc) is 2.53. The number of likely N-dealkylation sites (tertiary alicyclic amines) is 1. The lowest BCUT2D eigenvalue weighted by atomic mass is 10.1. The standard InChI is InChI=1S/C16H23NO3/c1-13(17-10-4-3-5-11-17)12-20-15-8-6-14(7-9-15)16(18)19-2/h6-9,13H,3-5,10-12H2,1-2H3. The predicted octanol–water partition coefficient (Wildman–Crippen LogP) is 2.73. The van der Waals surface area contributed by atoms with Gasteiger partial charge in [0.2, 0.25) is 0 Å². The van der Waals surface area contributed by atoms with Crippen molar-refractivity contribution in [2.75, 3.05) is 26.8 Å². The number of rotatable bonds is 5. The first-order valence-electron chi connectivity index (χ1n) is 7.26. The van der Waals surface area contributed by atoms with Crippen LogP contribution < -0.4 is 4.74 Å². The smallest absolute Gasteiger partial charge is 0.337 e. The third-order valence-electron chi connectivity index (χ3n) is 3.78. The number of carbonyl (C=O) groups excluding carboxylic acids is 1. The van der Waals surface area contributed by atoms with Crippen molar-refractivity contribution in [1.82, 2.24) is 4.90 Å². The van der Waals surface area contributed by atoms with Crippen molar-refractivity contribution < 1.29 is 14.3 Å². The molecule has 4 heteroatoms. The summed E-state index contributed by atoms with van der Waals surface area (Å²) in [5, 5.41) is 0. The molecule has 0 bridgehead atoms. The fraction of sp³-hybridized carbons (Fsp3) is 0.562. The highest BCUT2D eigenvalue weighted by Crippen LogP contribution is 2.16. The molecule has 0 N–H and O–H groups in total. The van der Waals surface area contributed by atoms with Crippen LogP contribution in [0, 0.1) is 0 Å². The number of carbonyl (C=O) groups is 1. The molecule has 0 spiro atoms. The van der Waals surface area contributed by atoms with Crippen molar-refractivity contribution in [3.05, 3.63) is 29.8 Å². The highest BCUT2D eigenvalue weighted by Gasteiger charge is 2.17. The van der Waals surface area contributed by atoms with Crippen LogP contribution in [0.25, 0.3) is 0 Å². The van der Waals surface area contributed by atoms with Crippen LogP contribution in [-0.4, -0.2) is 43.7 Å². The van der Waals surface area contributed by atoms with Crippen LogP contribution in [0.3, 0.4) is 0 Å². The zero-order chi connectivity index (χ0) is 14.4. The number of hydrogen-bond donors (Lipinski definition) is 0. The lowest BCUT2D eigenvalue weighted by molar-refractivity contribution is 0.0600. The van der Waals surface area contributed by atoms with Gasteiger partial charge in [0.05, 0.1) is 12.7 Å². The van der Waals surface area contributed by atoms with Crippen molar-refractivity contribution in [2.45, 2.75) is 32.2 Å². The van der Waals surface area contributed by atoms with Gasteiger partial charge in [-0.05, 0) is 57.1 Å². The second kappa shape index (κ2) is 7.29. The Bertz CT molecular complexity index is 424. The van der Waals surface area contributed by atoms with Gasteiger partial charge in [0, 0.05) is 6.04 Å². The summed E-state index contributed by atoms with van der Waals surface area (Å²) in [6, 6.07) is 7.51. The van der Waals surface area contributed by atoms with Gasteiger partial charge < -0.3 is 9.47 Å². The first-order valence-corrected chi connectivity index (χ1v) is 7.26. The minimum Gasteiger partial charge on any atom is -0.492 e. The molecule has 0 aromatic heterocycles. The van der Waals surface area contributed by atoms with Gasteiger partial charge in [0.1, 0.15) is 12.4 Å². The first kappa shape index (κ1) is 14.9. The van der Waals surface area contributed by atoms with E-state index in [0.717, 1.165) is 5.75 Å². The third-order valence-corrected chi connectivity index (χ3v) is 3.78. The molecule has 1 atom stereocenters. The highest BCUT2D eigenvalue weighted by molar-refractivity contribution is 5.89. The van der Waals surface area contributed by atoms with Crippen molar-refractivity contribution in [1.29, 1.82) is 0 Å². The number of esters is 1. The molecule has 0 radical (unpaired) electrons. The molecule has 4 nitrogen and oxygen atoms in total. The van der Waals surface area contributed by atoms with Gasteiger partial charge in [-0.1, -0.05) is 6.42 Å². The molecule has 0 amide bonds. The molecular formula is C16H23NO3. The number of benzene rings is 1. The Morgan fingerprint density at radius 3 is 2.45 bits per heavy atom. The van der Waals surface area contributed by atoms with Crippen LogP contribution in [-0.2, 0) is 4.74 Å². The second-order valence-corrected chi connectivity index (χ2v) is 5.27. The fourth-order valence-corrected chi connectivity index (χ4v) is 2.49. The van der Waals surface area contributed by atoms with E-state index in [1.807, 2.05) is 12.1 Å². The maximum Gasteiger partial charge on any atom is 0.337 e. The topological polar surface area (TPSA) is 38.8 Å². The summed E-state index contributed by atoms with van der Waals surface area (Å²) in [6.07, 6.45) is 3.93. The SMILES string of the molecule is COC(=O)c1ccc(OCC(C)N2CCCCC2)cc1. The summed E-state index contributed by atoms with van der Waals surface area (Å²) in [7, 11) is 1.38. The third kappa shape index (κ3) is 3.97. The molecule has 110 valence electrons. The van der Waals surface area contributed by atoms with Gasteiger partial charge in [0.15, 0.2) is 0 Å². The molecular weight excluding hydrogens is 254 g/mol. The van der Waals surface area contributed by atoms with E-state index in [1.54, 1.807) is 12.1 Å². The molecule has 0 saturated carbocycles. The minimum absolute atomic E-state index is 0.321. The van der Waals surface area contributed by atoms with E-state index in [4.69, 9.17) is 4.74 Å². The molecule has 1 aliphatic heterocycles. The summed E-state index contributed by atoms with van der Waals surface area (Å²) < 4.78 is 10.5. The van der Waals surface area contributed by atoms with Crippen LogP contribution in [0.4, 0.5) is 0 Å². The van der Waals surface area contributed by atoms with Crippen molar-refractivity contribution in [2.24, 2.45) is 0 Å². The molecule has 1 aromatic rings. The van der Waals surface area contributed by atoms with E-state index in [2.05, 4.69) is 16.6 Å². The lowest BCUT2D eigenvalue weighted by Crippen LogP contribution is -2.40. The van der Waals surface area contributed by atoms with Gasteiger partial charge in [0.25, 0.3) is 0 Å². The van der Waals surface area contributed by atoms with Crippen LogP contribution in [0.2, 0.25) is 0 Å². The Labute approximate surface area is 120 Å². The number of hydrogen-bond acceptors (Lipinski definition) is 4. The summed E-state index contributed by atoms with van der Waals surface area (Å²) >= 11 is 0. The number of ether oxygens (including phenoxy) is 2. The molecule has 1 fully saturated rings. The van der Waals surface area contributed by atoms with Crippen molar-refractivity contribution in [3.8, 4) is 5.75 Å². The zero-order valence-electron chi connectivity index (χ0n) is 12.3. The van der Waals surface area contributed by atoms with E-state index < -0.39 is 0 Å². The molecule has 20 heavy (non-hydrogen) atoms. The van der Waals surface area contributed by atoms with Crippen LogP contribution in [0.1, 0.15) is 36.5 Å². The monoisotopic (exact) mass is 277 g/mol.